The van der Waals surface area contributed by atoms with Crippen LogP contribution in [0.1, 0.15) is 36.8 Å². The second-order valence-electron chi connectivity index (χ2n) is 7.99. The number of carbonyl (C=O) groups is 2. The predicted octanol–water partition coefficient (Wildman–Crippen LogP) is 3.73. The van der Waals surface area contributed by atoms with Crippen molar-refractivity contribution in [1.82, 2.24) is 4.90 Å². The number of rotatable bonds is 5. The quantitative estimate of drug-likeness (QED) is 0.779. The van der Waals surface area contributed by atoms with Crippen molar-refractivity contribution in [2.45, 2.75) is 51.1 Å². The Morgan fingerprint density at radius 3 is 2.66 bits per heavy atom. The summed E-state index contributed by atoms with van der Waals surface area (Å²) in [7, 11) is 1.68. The van der Waals surface area contributed by atoms with Gasteiger partial charge in [0.2, 0.25) is 11.8 Å². The molecule has 5 heteroatoms. The second kappa shape index (κ2) is 8.27. The molecule has 152 valence electrons. The maximum absolute atomic E-state index is 13.5. The zero-order chi connectivity index (χ0) is 20.4. The minimum absolute atomic E-state index is 0.0380. The summed E-state index contributed by atoms with van der Waals surface area (Å²) in [5.74, 6) is 1.01. The highest BCUT2D eigenvalue weighted by Crippen LogP contribution is 2.31. The van der Waals surface area contributed by atoms with E-state index in [4.69, 9.17) is 4.74 Å². The van der Waals surface area contributed by atoms with Gasteiger partial charge in [0.1, 0.15) is 11.8 Å². The molecule has 0 N–H and O–H groups in total. The van der Waals surface area contributed by atoms with Crippen LogP contribution in [0.3, 0.4) is 0 Å². The van der Waals surface area contributed by atoms with Crippen molar-refractivity contribution in [3.8, 4) is 5.75 Å². The number of methoxy groups -OCH3 is 1. The molecule has 2 saturated heterocycles. The summed E-state index contributed by atoms with van der Waals surface area (Å²) in [6, 6.07) is 15.6. The van der Waals surface area contributed by atoms with E-state index in [-0.39, 0.29) is 23.9 Å². The predicted molar refractivity (Wildman–Crippen MR) is 113 cm³/mol. The van der Waals surface area contributed by atoms with Gasteiger partial charge >= 0.3 is 0 Å². The largest absolute Gasteiger partial charge is 0.496 e. The van der Waals surface area contributed by atoms with Crippen LogP contribution >= 0.6 is 0 Å². The Morgan fingerprint density at radius 2 is 1.93 bits per heavy atom. The molecule has 2 atom stereocenters. The van der Waals surface area contributed by atoms with E-state index in [1.165, 1.54) is 5.56 Å². The highest BCUT2D eigenvalue weighted by atomic mass is 16.5. The molecule has 4 rings (SSSR count). The Bertz CT molecular complexity index is 896. The molecule has 2 fully saturated rings. The SMILES string of the molecule is COc1ccc(CC2CCCN2C(=O)C2CCC(=O)N2c2ccccc2)cc1C. The molecular weight excluding hydrogens is 364 g/mol. The molecule has 2 amide bonds. The van der Waals surface area contributed by atoms with Crippen molar-refractivity contribution in [3.05, 3.63) is 59.7 Å². The smallest absolute Gasteiger partial charge is 0.246 e. The van der Waals surface area contributed by atoms with Crippen molar-refractivity contribution in [1.29, 1.82) is 0 Å². The maximum Gasteiger partial charge on any atom is 0.246 e. The number of amides is 2. The number of hydrogen-bond donors (Lipinski definition) is 0. The Kier molecular flexibility index (Phi) is 5.56. The van der Waals surface area contributed by atoms with E-state index < -0.39 is 0 Å². The van der Waals surface area contributed by atoms with Crippen LogP contribution in [0, 0.1) is 6.92 Å². The molecule has 0 aliphatic carbocycles. The Morgan fingerprint density at radius 1 is 1.14 bits per heavy atom. The Hall–Kier alpha value is -2.82. The van der Waals surface area contributed by atoms with Gasteiger partial charge in [-0.05, 0) is 61.9 Å². The molecule has 0 saturated carbocycles. The molecule has 29 heavy (non-hydrogen) atoms. The summed E-state index contributed by atoms with van der Waals surface area (Å²) in [6.07, 6.45) is 3.88. The molecule has 2 aliphatic heterocycles. The molecule has 2 aromatic rings. The fourth-order valence-electron chi connectivity index (χ4n) is 4.70. The number of nitrogens with zero attached hydrogens (tertiary/aromatic N) is 2. The highest BCUT2D eigenvalue weighted by Gasteiger charge is 2.41. The van der Waals surface area contributed by atoms with Gasteiger partial charge in [-0.2, -0.15) is 0 Å². The molecule has 0 aromatic heterocycles. The second-order valence-corrected chi connectivity index (χ2v) is 7.99. The van der Waals surface area contributed by atoms with E-state index in [9.17, 15) is 9.59 Å². The van der Waals surface area contributed by atoms with Crippen molar-refractivity contribution in [3.63, 3.8) is 0 Å². The van der Waals surface area contributed by atoms with Gasteiger partial charge < -0.3 is 9.64 Å². The van der Waals surface area contributed by atoms with Gasteiger partial charge in [0, 0.05) is 24.7 Å². The van der Waals surface area contributed by atoms with Gasteiger partial charge in [-0.25, -0.2) is 0 Å². The van der Waals surface area contributed by atoms with Crippen molar-refractivity contribution in [2.24, 2.45) is 0 Å². The first-order valence-corrected chi connectivity index (χ1v) is 10.4. The fourth-order valence-corrected chi connectivity index (χ4v) is 4.70. The topological polar surface area (TPSA) is 49.9 Å². The molecule has 0 spiro atoms. The number of para-hydroxylation sites is 1. The fraction of sp³-hybridized carbons (Fsp3) is 0.417. The summed E-state index contributed by atoms with van der Waals surface area (Å²) in [6.45, 7) is 2.81. The van der Waals surface area contributed by atoms with Crippen molar-refractivity contribution >= 4 is 17.5 Å². The van der Waals surface area contributed by atoms with E-state index in [1.807, 2.05) is 48.2 Å². The average molecular weight is 392 g/mol. The third-order valence-corrected chi connectivity index (χ3v) is 6.12. The molecule has 0 radical (unpaired) electrons. The number of aryl methyl sites for hydroxylation is 1. The first kappa shape index (κ1) is 19.5. The number of hydrogen-bond acceptors (Lipinski definition) is 3. The average Bonchev–Trinajstić information content (AvgIpc) is 3.35. The lowest BCUT2D eigenvalue weighted by Crippen LogP contribution is -2.49. The number of anilines is 1. The van der Waals surface area contributed by atoms with Gasteiger partial charge in [0.25, 0.3) is 0 Å². The summed E-state index contributed by atoms with van der Waals surface area (Å²) < 4.78 is 5.36. The zero-order valence-corrected chi connectivity index (χ0v) is 17.1. The summed E-state index contributed by atoms with van der Waals surface area (Å²) >= 11 is 0. The van der Waals surface area contributed by atoms with Gasteiger partial charge in [-0.15, -0.1) is 0 Å². The number of ether oxygens (including phenoxy) is 1. The monoisotopic (exact) mass is 392 g/mol. The lowest BCUT2D eigenvalue weighted by Gasteiger charge is -2.31. The molecular formula is C24H28N2O3. The maximum atomic E-state index is 13.5. The van der Waals surface area contributed by atoms with Crippen LogP contribution < -0.4 is 9.64 Å². The van der Waals surface area contributed by atoms with Gasteiger partial charge in [0.05, 0.1) is 7.11 Å². The number of carbonyl (C=O) groups excluding carboxylic acids is 2. The third-order valence-electron chi connectivity index (χ3n) is 6.12. The number of likely N-dealkylation sites (tertiary alicyclic amines) is 1. The summed E-state index contributed by atoms with van der Waals surface area (Å²) in [5.41, 5.74) is 3.14. The van der Waals surface area contributed by atoms with Gasteiger partial charge in [-0.1, -0.05) is 30.3 Å². The molecule has 2 aliphatic rings. The first-order valence-electron chi connectivity index (χ1n) is 10.4. The minimum atomic E-state index is -0.386. The van der Waals surface area contributed by atoms with Gasteiger partial charge in [-0.3, -0.25) is 14.5 Å². The van der Waals surface area contributed by atoms with Crippen LogP contribution in [-0.2, 0) is 16.0 Å². The van der Waals surface area contributed by atoms with E-state index in [1.54, 1.807) is 12.0 Å². The molecule has 0 bridgehead atoms. The molecule has 2 heterocycles. The summed E-state index contributed by atoms with van der Waals surface area (Å²) in [4.78, 5) is 29.7. The van der Waals surface area contributed by atoms with Crippen molar-refractivity contribution in [2.75, 3.05) is 18.6 Å². The van der Waals surface area contributed by atoms with E-state index in [0.29, 0.717) is 12.8 Å². The zero-order valence-electron chi connectivity index (χ0n) is 17.1. The molecule has 2 unspecified atom stereocenters. The lowest BCUT2D eigenvalue weighted by atomic mass is 10.0. The first-order chi connectivity index (χ1) is 14.1. The minimum Gasteiger partial charge on any atom is -0.496 e. The Balaban J connectivity index is 1.51. The van der Waals surface area contributed by atoms with E-state index in [0.717, 1.165) is 42.8 Å². The van der Waals surface area contributed by atoms with Crippen LogP contribution in [-0.4, -0.2) is 42.5 Å². The lowest BCUT2D eigenvalue weighted by molar-refractivity contribution is -0.133. The van der Waals surface area contributed by atoms with E-state index in [2.05, 4.69) is 12.1 Å². The highest BCUT2D eigenvalue weighted by molar-refractivity contribution is 6.03. The van der Waals surface area contributed by atoms with Crippen molar-refractivity contribution < 1.29 is 14.3 Å². The summed E-state index contributed by atoms with van der Waals surface area (Å²) in [5, 5.41) is 0. The standard InChI is InChI=1S/C24H28N2O3/c1-17-15-18(10-12-22(17)29-2)16-20-9-6-14-25(20)24(28)21-11-13-23(27)26(21)19-7-4-3-5-8-19/h3-5,7-8,10,12,15,20-21H,6,9,11,13-14,16H2,1-2H3. The van der Waals surface area contributed by atoms with E-state index >= 15 is 0 Å². The number of benzene rings is 2. The third kappa shape index (κ3) is 3.86. The van der Waals surface area contributed by atoms with Gasteiger partial charge in [0.15, 0.2) is 0 Å². The van der Waals surface area contributed by atoms with Crippen LogP contribution in [0.2, 0.25) is 0 Å². The van der Waals surface area contributed by atoms with Crippen LogP contribution in [0.25, 0.3) is 0 Å². The molecule has 2 aromatic carbocycles. The van der Waals surface area contributed by atoms with Crippen LogP contribution in [0.5, 0.6) is 5.75 Å². The normalized spacial score (nSPS) is 21.7. The Labute approximate surface area is 172 Å². The van der Waals surface area contributed by atoms with Crippen LogP contribution in [0.4, 0.5) is 5.69 Å². The van der Waals surface area contributed by atoms with Crippen LogP contribution in [0.15, 0.2) is 48.5 Å². The molecule has 5 nitrogen and oxygen atoms in total.